The Morgan fingerprint density at radius 1 is 1.35 bits per heavy atom. The smallest absolute Gasteiger partial charge is 0.139 e. The number of benzene rings is 1. The molecule has 0 unspecified atom stereocenters. The fourth-order valence-corrected chi connectivity index (χ4v) is 2.78. The molecule has 1 aromatic heterocycles. The van der Waals surface area contributed by atoms with Gasteiger partial charge in [0.25, 0.3) is 0 Å². The lowest BCUT2D eigenvalue weighted by Crippen LogP contribution is -2.00. The molecule has 2 aromatic rings. The molecule has 3 nitrogen and oxygen atoms in total. The highest BCUT2D eigenvalue weighted by molar-refractivity contribution is 9.10. The summed E-state index contributed by atoms with van der Waals surface area (Å²) in [6.45, 7) is 4.36. The third-order valence-corrected chi connectivity index (χ3v) is 3.68. The van der Waals surface area contributed by atoms with Gasteiger partial charge in [-0.25, -0.2) is 4.98 Å². The summed E-state index contributed by atoms with van der Waals surface area (Å²) in [6.07, 6.45) is 0.955. The monoisotopic (exact) mass is 352 g/mol. The summed E-state index contributed by atoms with van der Waals surface area (Å²) in [4.78, 5) is 7.76. The number of H-pyrrole nitrogens is 1. The summed E-state index contributed by atoms with van der Waals surface area (Å²) in [7, 11) is 1.65. The van der Waals surface area contributed by atoms with Gasteiger partial charge < -0.3 is 9.72 Å². The average Bonchev–Trinajstić information content (AvgIpc) is 2.37. The van der Waals surface area contributed by atoms with Crippen molar-refractivity contribution in [3.05, 3.63) is 39.1 Å². The topological polar surface area (TPSA) is 37.9 Å². The van der Waals surface area contributed by atoms with E-state index in [0.29, 0.717) is 10.6 Å². The molecular formula is C15H17BrN2OS. The van der Waals surface area contributed by atoms with Gasteiger partial charge in [0, 0.05) is 11.3 Å². The molecule has 2 rings (SSSR count). The third-order valence-electron chi connectivity index (χ3n) is 2.85. The Labute approximate surface area is 132 Å². The van der Waals surface area contributed by atoms with Crippen molar-refractivity contribution in [2.24, 2.45) is 5.92 Å². The molecule has 0 spiro atoms. The fraction of sp³-hybridized carbons (Fsp3) is 0.333. The van der Waals surface area contributed by atoms with Gasteiger partial charge in [0.1, 0.15) is 16.2 Å². The van der Waals surface area contributed by atoms with Gasteiger partial charge in [-0.2, -0.15) is 0 Å². The van der Waals surface area contributed by atoms with Crippen molar-refractivity contribution in [1.29, 1.82) is 0 Å². The minimum absolute atomic E-state index is 0.568. The predicted octanol–water partition coefficient (Wildman–Crippen LogP) is 4.78. The van der Waals surface area contributed by atoms with E-state index in [-0.39, 0.29) is 0 Å². The molecule has 5 heteroatoms. The van der Waals surface area contributed by atoms with Crippen LogP contribution in [-0.2, 0) is 6.42 Å². The van der Waals surface area contributed by atoms with Crippen molar-refractivity contribution in [3.8, 4) is 17.1 Å². The molecule has 106 valence electrons. The quantitative estimate of drug-likeness (QED) is 0.804. The van der Waals surface area contributed by atoms with Crippen molar-refractivity contribution >= 4 is 28.1 Å². The molecular weight excluding hydrogens is 336 g/mol. The van der Waals surface area contributed by atoms with Gasteiger partial charge in [-0.15, -0.1) is 0 Å². The number of nitrogens with zero attached hydrogens (tertiary/aromatic N) is 1. The Bertz CT molecular complexity index is 667. The maximum Gasteiger partial charge on any atom is 0.139 e. The summed E-state index contributed by atoms with van der Waals surface area (Å²) in [5.74, 6) is 2.15. The highest BCUT2D eigenvalue weighted by atomic mass is 79.9. The second kappa shape index (κ2) is 6.50. The number of ether oxygens (including phenoxy) is 1. The Kier molecular flexibility index (Phi) is 4.94. The van der Waals surface area contributed by atoms with Crippen LogP contribution >= 0.6 is 28.1 Å². The van der Waals surface area contributed by atoms with E-state index in [0.717, 1.165) is 33.7 Å². The highest BCUT2D eigenvalue weighted by Crippen LogP contribution is 2.29. The van der Waals surface area contributed by atoms with Crippen molar-refractivity contribution in [2.75, 3.05) is 7.11 Å². The van der Waals surface area contributed by atoms with Crippen LogP contribution in [-0.4, -0.2) is 17.1 Å². The molecule has 0 aliphatic rings. The number of methoxy groups -OCH3 is 1. The van der Waals surface area contributed by atoms with E-state index < -0.39 is 0 Å². The second-order valence-electron chi connectivity index (χ2n) is 5.04. The lowest BCUT2D eigenvalue weighted by atomic mass is 10.1. The van der Waals surface area contributed by atoms with Crippen LogP contribution in [0, 0.1) is 10.6 Å². The van der Waals surface area contributed by atoms with E-state index in [1.165, 1.54) is 0 Å². The van der Waals surface area contributed by atoms with Gasteiger partial charge in [0.05, 0.1) is 11.6 Å². The molecule has 0 amide bonds. The van der Waals surface area contributed by atoms with Crippen LogP contribution in [0.15, 0.2) is 28.7 Å². The molecule has 1 aromatic carbocycles. The van der Waals surface area contributed by atoms with Gasteiger partial charge in [-0.3, -0.25) is 0 Å². The molecule has 0 saturated heterocycles. The van der Waals surface area contributed by atoms with E-state index in [1.807, 2.05) is 24.3 Å². The van der Waals surface area contributed by atoms with Crippen molar-refractivity contribution in [3.63, 3.8) is 0 Å². The summed E-state index contributed by atoms with van der Waals surface area (Å²) >= 11 is 8.74. The van der Waals surface area contributed by atoms with E-state index in [9.17, 15) is 0 Å². The van der Waals surface area contributed by atoms with E-state index in [2.05, 4.69) is 39.7 Å². The van der Waals surface area contributed by atoms with Crippen molar-refractivity contribution < 1.29 is 4.74 Å². The Morgan fingerprint density at radius 2 is 2.10 bits per heavy atom. The van der Waals surface area contributed by atoms with E-state index >= 15 is 0 Å². The Morgan fingerprint density at radius 3 is 2.70 bits per heavy atom. The Hall–Kier alpha value is -1.20. The summed E-state index contributed by atoms with van der Waals surface area (Å²) in [5.41, 5.74) is 2.09. The standard InChI is InChI=1S/C15H17BrN2OS/c1-9(2)6-11-8-14(20)18-15(17-11)10-4-5-13(19-3)12(16)7-10/h4-5,7-9H,6H2,1-3H3,(H,17,18,20). The number of halogens is 1. The molecule has 0 aliphatic carbocycles. The highest BCUT2D eigenvalue weighted by Gasteiger charge is 2.07. The van der Waals surface area contributed by atoms with Crippen molar-refractivity contribution in [1.82, 2.24) is 9.97 Å². The van der Waals surface area contributed by atoms with Crippen LogP contribution in [0.5, 0.6) is 5.75 Å². The molecule has 0 atom stereocenters. The molecule has 1 N–H and O–H groups in total. The number of rotatable bonds is 4. The number of nitrogens with one attached hydrogen (secondary N) is 1. The Balaban J connectivity index is 2.44. The number of aromatic amines is 1. The van der Waals surface area contributed by atoms with Gasteiger partial charge >= 0.3 is 0 Å². The van der Waals surface area contributed by atoms with Gasteiger partial charge in [-0.1, -0.05) is 26.1 Å². The predicted molar refractivity (Wildman–Crippen MR) is 87.7 cm³/mol. The average molecular weight is 353 g/mol. The summed E-state index contributed by atoms with van der Waals surface area (Å²) in [5, 5.41) is 0. The molecule has 0 fully saturated rings. The summed E-state index contributed by atoms with van der Waals surface area (Å²) in [6, 6.07) is 7.78. The first-order valence-electron chi connectivity index (χ1n) is 6.43. The fourth-order valence-electron chi connectivity index (χ4n) is 2.01. The number of hydrogen-bond donors (Lipinski definition) is 1. The van der Waals surface area contributed by atoms with Crippen LogP contribution in [0.4, 0.5) is 0 Å². The van der Waals surface area contributed by atoms with Crippen LogP contribution < -0.4 is 4.74 Å². The molecule has 0 aliphatic heterocycles. The first-order chi connectivity index (χ1) is 9.49. The van der Waals surface area contributed by atoms with Gasteiger partial charge in [0.15, 0.2) is 0 Å². The van der Waals surface area contributed by atoms with Crippen molar-refractivity contribution in [2.45, 2.75) is 20.3 Å². The molecule has 20 heavy (non-hydrogen) atoms. The first kappa shape index (κ1) is 15.2. The lowest BCUT2D eigenvalue weighted by Gasteiger charge is -2.09. The maximum absolute atomic E-state index is 5.25. The van der Waals surface area contributed by atoms with Gasteiger partial charge in [-0.05, 0) is 52.5 Å². The lowest BCUT2D eigenvalue weighted by molar-refractivity contribution is 0.412. The molecule has 1 heterocycles. The minimum atomic E-state index is 0.568. The zero-order chi connectivity index (χ0) is 14.7. The number of hydrogen-bond acceptors (Lipinski definition) is 3. The molecule has 0 radical (unpaired) electrons. The van der Waals surface area contributed by atoms with Crippen LogP contribution in [0.1, 0.15) is 19.5 Å². The minimum Gasteiger partial charge on any atom is -0.496 e. The molecule has 0 saturated carbocycles. The largest absolute Gasteiger partial charge is 0.496 e. The van der Waals surface area contributed by atoms with Crippen LogP contribution in [0.2, 0.25) is 0 Å². The van der Waals surface area contributed by atoms with Gasteiger partial charge in [0.2, 0.25) is 0 Å². The number of aromatic nitrogens is 2. The van der Waals surface area contributed by atoms with Crippen LogP contribution in [0.25, 0.3) is 11.4 Å². The third kappa shape index (κ3) is 3.67. The van der Waals surface area contributed by atoms with E-state index in [1.54, 1.807) is 7.11 Å². The first-order valence-corrected chi connectivity index (χ1v) is 7.64. The molecule has 0 bridgehead atoms. The van der Waals surface area contributed by atoms with Crippen LogP contribution in [0.3, 0.4) is 0 Å². The zero-order valence-electron chi connectivity index (χ0n) is 11.7. The second-order valence-corrected chi connectivity index (χ2v) is 6.31. The maximum atomic E-state index is 5.25. The SMILES string of the molecule is COc1ccc(-c2nc(=S)cc(CC(C)C)[nH]2)cc1Br. The summed E-state index contributed by atoms with van der Waals surface area (Å²) < 4.78 is 6.75. The normalized spacial score (nSPS) is 10.8. The zero-order valence-corrected chi connectivity index (χ0v) is 14.1. The van der Waals surface area contributed by atoms with E-state index in [4.69, 9.17) is 17.0 Å².